The average molecular weight is 870 g/mol. The summed E-state index contributed by atoms with van der Waals surface area (Å²) in [6.07, 6.45) is 52.5. The lowest BCUT2D eigenvalue weighted by Crippen LogP contribution is -2.45. The number of aliphatic hydroxyl groups excluding tert-OH is 1. The van der Waals surface area contributed by atoms with Crippen LogP contribution < -0.4 is 5.32 Å². The maximum Gasteiger partial charge on any atom is 0.472 e. The zero-order valence-corrected chi connectivity index (χ0v) is 41.4. The maximum absolute atomic E-state index is 12.9. The molecule has 9 heteroatoms. The second-order valence-electron chi connectivity index (χ2n) is 18.9. The molecule has 3 atom stereocenters. The first-order valence-corrected chi connectivity index (χ1v) is 27.2. The van der Waals surface area contributed by atoms with E-state index in [1.807, 2.05) is 27.2 Å². The van der Waals surface area contributed by atoms with Gasteiger partial charge in [0.25, 0.3) is 0 Å². The highest BCUT2D eigenvalue weighted by Crippen LogP contribution is 2.43. The molecule has 0 radical (unpaired) electrons. The number of nitrogens with zero attached hydrogens (tertiary/aromatic N) is 1. The van der Waals surface area contributed by atoms with Gasteiger partial charge in [-0.15, -0.1) is 0 Å². The van der Waals surface area contributed by atoms with Gasteiger partial charge in [0.05, 0.1) is 39.9 Å². The van der Waals surface area contributed by atoms with E-state index >= 15 is 0 Å². The van der Waals surface area contributed by atoms with Gasteiger partial charge in [-0.2, -0.15) is 0 Å². The molecule has 0 fully saturated rings. The second kappa shape index (κ2) is 43.2. The zero-order chi connectivity index (χ0) is 44.3. The van der Waals surface area contributed by atoms with Gasteiger partial charge >= 0.3 is 7.82 Å². The zero-order valence-electron chi connectivity index (χ0n) is 40.5. The smallest absolute Gasteiger partial charge is 0.387 e. The number of carbonyl (C=O) groups is 1. The summed E-state index contributed by atoms with van der Waals surface area (Å²) >= 11 is 0. The fourth-order valence-electron chi connectivity index (χ4n) is 7.57. The highest BCUT2D eigenvalue weighted by atomic mass is 31.2. The van der Waals surface area contributed by atoms with Crippen LogP contribution in [0.15, 0.2) is 24.3 Å². The molecule has 0 aromatic rings. The Balaban J connectivity index is 4.29. The van der Waals surface area contributed by atoms with Gasteiger partial charge < -0.3 is 19.8 Å². The van der Waals surface area contributed by atoms with Gasteiger partial charge in [-0.3, -0.25) is 13.8 Å². The molecule has 0 aliphatic carbocycles. The first-order chi connectivity index (χ1) is 29.0. The Labute approximate surface area is 373 Å². The fraction of sp³-hybridized carbons (Fsp3) is 0.902. The lowest BCUT2D eigenvalue weighted by Gasteiger charge is -2.25. The average Bonchev–Trinajstić information content (AvgIpc) is 3.20. The van der Waals surface area contributed by atoms with Crippen molar-refractivity contribution in [2.45, 2.75) is 257 Å². The van der Waals surface area contributed by atoms with Crippen LogP contribution in [0.2, 0.25) is 0 Å². The molecule has 3 unspecified atom stereocenters. The molecule has 356 valence electrons. The molecule has 0 saturated heterocycles. The Morgan fingerprint density at radius 3 is 1.28 bits per heavy atom. The van der Waals surface area contributed by atoms with E-state index < -0.39 is 20.0 Å². The van der Waals surface area contributed by atoms with Gasteiger partial charge in [-0.1, -0.05) is 218 Å². The Bertz CT molecular complexity index is 1030. The van der Waals surface area contributed by atoms with Gasteiger partial charge in [0.1, 0.15) is 13.2 Å². The summed E-state index contributed by atoms with van der Waals surface area (Å²) in [6, 6.07) is -0.845. The van der Waals surface area contributed by atoms with Crippen molar-refractivity contribution in [3.05, 3.63) is 24.3 Å². The van der Waals surface area contributed by atoms with E-state index in [1.54, 1.807) is 6.08 Å². The van der Waals surface area contributed by atoms with E-state index in [2.05, 4.69) is 31.3 Å². The minimum atomic E-state index is -4.34. The summed E-state index contributed by atoms with van der Waals surface area (Å²) in [5.74, 6) is -0.177. The van der Waals surface area contributed by atoms with Gasteiger partial charge in [0.2, 0.25) is 5.91 Å². The van der Waals surface area contributed by atoms with Crippen molar-refractivity contribution in [3.8, 4) is 0 Å². The molecule has 1 amide bonds. The third-order valence-electron chi connectivity index (χ3n) is 11.7. The number of hydrogen-bond donors (Lipinski definition) is 3. The Kier molecular flexibility index (Phi) is 42.5. The van der Waals surface area contributed by atoms with Gasteiger partial charge in [-0.25, -0.2) is 4.57 Å². The molecule has 0 aliphatic heterocycles. The van der Waals surface area contributed by atoms with Crippen molar-refractivity contribution in [1.82, 2.24) is 5.32 Å². The normalized spacial score (nSPS) is 14.3. The van der Waals surface area contributed by atoms with E-state index in [1.165, 1.54) is 186 Å². The number of aliphatic hydroxyl groups is 1. The number of rotatable bonds is 47. The van der Waals surface area contributed by atoms with Gasteiger partial charge in [0, 0.05) is 6.42 Å². The number of phosphoric ester groups is 1. The van der Waals surface area contributed by atoms with Gasteiger partial charge in [0.15, 0.2) is 0 Å². The molecule has 0 bridgehead atoms. The maximum atomic E-state index is 12.9. The number of quaternary nitrogens is 1. The van der Waals surface area contributed by atoms with Crippen LogP contribution in [-0.2, 0) is 18.4 Å². The molecule has 0 rings (SSSR count). The number of nitrogens with one attached hydrogen (secondary N) is 1. The number of allylic oxidation sites excluding steroid dienone is 3. The van der Waals surface area contributed by atoms with Gasteiger partial charge in [-0.05, 0) is 44.9 Å². The lowest BCUT2D eigenvalue weighted by atomic mass is 10.0. The molecule has 60 heavy (non-hydrogen) atoms. The van der Waals surface area contributed by atoms with E-state index in [9.17, 15) is 19.4 Å². The highest BCUT2D eigenvalue weighted by molar-refractivity contribution is 7.47. The van der Waals surface area contributed by atoms with Crippen LogP contribution in [-0.4, -0.2) is 73.4 Å². The molecule has 0 heterocycles. The molecular weight excluding hydrogens is 768 g/mol. The Hall–Kier alpha value is -1.02. The van der Waals surface area contributed by atoms with E-state index in [0.29, 0.717) is 17.4 Å². The molecule has 0 aromatic carbocycles. The minimum Gasteiger partial charge on any atom is -0.387 e. The lowest BCUT2D eigenvalue weighted by molar-refractivity contribution is -0.870. The molecule has 0 saturated carbocycles. The minimum absolute atomic E-state index is 0.0626. The summed E-state index contributed by atoms with van der Waals surface area (Å²) in [5.41, 5.74) is 0. The van der Waals surface area contributed by atoms with Crippen LogP contribution in [0.1, 0.15) is 245 Å². The van der Waals surface area contributed by atoms with Crippen LogP contribution in [0.4, 0.5) is 0 Å². The number of likely N-dealkylation sites (N-methyl/N-ethyl adjacent to an activating group) is 1. The van der Waals surface area contributed by atoms with Crippen LogP contribution in [0.3, 0.4) is 0 Å². The number of phosphoric acid groups is 1. The number of carbonyl (C=O) groups excluding carboxylic acids is 1. The first-order valence-electron chi connectivity index (χ1n) is 25.7. The number of unbranched alkanes of at least 4 members (excludes halogenated alkanes) is 32. The largest absolute Gasteiger partial charge is 0.472 e. The van der Waals surface area contributed by atoms with Crippen molar-refractivity contribution in [2.75, 3.05) is 40.9 Å². The Morgan fingerprint density at radius 2 is 0.900 bits per heavy atom. The van der Waals surface area contributed by atoms with Crippen LogP contribution in [0.5, 0.6) is 0 Å². The van der Waals surface area contributed by atoms with Crippen LogP contribution >= 0.6 is 7.82 Å². The first kappa shape index (κ1) is 59.0. The highest BCUT2D eigenvalue weighted by Gasteiger charge is 2.27. The van der Waals surface area contributed by atoms with Crippen molar-refractivity contribution in [1.29, 1.82) is 0 Å². The number of hydrogen-bond acceptors (Lipinski definition) is 5. The van der Waals surface area contributed by atoms with Crippen molar-refractivity contribution in [2.24, 2.45) is 0 Å². The second-order valence-corrected chi connectivity index (χ2v) is 20.4. The number of amides is 1. The third kappa shape index (κ3) is 45.0. The molecule has 8 nitrogen and oxygen atoms in total. The summed E-state index contributed by atoms with van der Waals surface area (Å²) in [5, 5.41) is 13.9. The van der Waals surface area contributed by atoms with E-state index in [0.717, 1.165) is 38.5 Å². The van der Waals surface area contributed by atoms with Crippen molar-refractivity contribution in [3.63, 3.8) is 0 Å². The standard InChI is InChI=1S/C51H101N2O6P/c1-6-8-10-12-14-16-18-20-22-24-25-26-27-29-31-33-35-37-39-41-43-45-51(55)52-49(48-59-60(56,57)58-47-46-53(3,4)5)50(54)44-42-40-38-36-34-32-30-28-23-21-19-17-15-13-11-9-7-2/h24-25,42,44,49-50,54H,6-23,26-41,43,45-48H2,1-5H3,(H-,52,55,56,57)/p+1/b25-24-,44-42+. The van der Waals surface area contributed by atoms with Crippen molar-refractivity contribution >= 4 is 13.7 Å². The summed E-state index contributed by atoms with van der Waals surface area (Å²) in [6.45, 7) is 4.84. The molecule has 0 aromatic heterocycles. The third-order valence-corrected chi connectivity index (χ3v) is 12.6. The quantitative estimate of drug-likeness (QED) is 0.0243. The van der Waals surface area contributed by atoms with E-state index in [4.69, 9.17) is 9.05 Å². The molecule has 0 aliphatic rings. The topological polar surface area (TPSA) is 105 Å². The molecular formula is C51H102N2O6P+. The summed E-state index contributed by atoms with van der Waals surface area (Å²) < 4.78 is 23.6. The SMILES string of the molecule is CCCCCCCCCC/C=C\CCCCCCCCCCCC(=O)NC(COP(=O)(O)OCC[N+](C)(C)C)C(O)/C=C/CCCCCCCCCCCCCCCCC. The van der Waals surface area contributed by atoms with Crippen LogP contribution in [0.25, 0.3) is 0 Å². The monoisotopic (exact) mass is 870 g/mol. The Morgan fingerprint density at radius 1 is 0.550 bits per heavy atom. The molecule has 0 spiro atoms. The van der Waals surface area contributed by atoms with Crippen LogP contribution in [0, 0.1) is 0 Å². The fourth-order valence-corrected chi connectivity index (χ4v) is 8.30. The molecule has 3 N–H and O–H groups in total. The van der Waals surface area contributed by atoms with E-state index in [-0.39, 0.29) is 19.1 Å². The summed E-state index contributed by atoms with van der Waals surface area (Å²) in [4.78, 5) is 23.2. The van der Waals surface area contributed by atoms with Crippen molar-refractivity contribution < 1.29 is 32.9 Å². The summed E-state index contributed by atoms with van der Waals surface area (Å²) in [7, 11) is 1.58. The predicted molar refractivity (Wildman–Crippen MR) is 258 cm³/mol. The predicted octanol–water partition coefficient (Wildman–Crippen LogP) is 14.9.